The molecule has 3 heteroatoms. The molecule has 0 saturated heterocycles. The van der Waals surface area contributed by atoms with Gasteiger partial charge >= 0.3 is 0 Å². The fourth-order valence-electron chi connectivity index (χ4n) is 6.70. The number of hydrogen-bond acceptors (Lipinski definition) is 3. The number of Topliss-reactive ketones (excluding diaryl/α,β-unsaturated/α-hetero) is 2. The molecule has 1 saturated carbocycles. The van der Waals surface area contributed by atoms with Crippen molar-refractivity contribution in [2.24, 2.45) is 16.7 Å². The highest BCUT2D eigenvalue weighted by molar-refractivity contribution is 5.92. The van der Waals surface area contributed by atoms with Gasteiger partial charge < -0.3 is 4.74 Å². The van der Waals surface area contributed by atoms with Gasteiger partial charge in [0, 0.05) is 17.8 Å². The van der Waals surface area contributed by atoms with Crippen molar-refractivity contribution in [2.75, 3.05) is 6.61 Å². The van der Waals surface area contributed by atoms with Crippen molar-refractivity contribution >= 4 is 11.6 Å². The molecule has 0 spiro atoms. The molecule has 202 valence electrons. The molecule has 0 aliphatic heterocycles. The molecule has 0 aromatic heterocycles. The maximum atomic E-state index is 14.0. The summed E-state index contributed by atoms with van der Waals surface area (Å²) in [4.78, 5) is 26.8. The van der Waals surface area contributed by atoms with Crippen molar-refractivity contribution < 1.29 is 14.3 Å². The summed E-state index contributed by atoms with van der Waals surface area (Å²) in [6.07, 6.45) is 6.81. The minimum absolute atomic E-state index is 0.0655. The number of ether oxygens (including phenoxy) is 1. The molecular formula is C34H48O3. The Morgan fingerprint density at radius 2 is 1.70 bits per heavy atom. The quantitative estimate of drug-likeness (QED) is 0.259. The summed E-state index contributed by atoms with van der Waals surface area (Å²) in [7, 11) is 0. The van der Waals surface area contributed by atoms with Crippen molar-refractivity contribution in [3.8, 4) is 5.75 Å². The predicted molar refractivity (Wildman–Crippen MR) is 153 cm³/mol. The van der Waals surface area contributed by atoms with Gasteiger partial charge in [0.05, 0.1) is 6.61 Å². The molecule has 1 aliphatic rings. The summed E-state index contributed by atoms with van der Waals surface area (Å²) in [5.74, 6) is 1.31. The smallest absolute Gasteiger partial charge is 0.137 e. The maximum Gasteiger partial charge on any atom is 0.137 e. The van der Waals surface area contributed by atoms with Gasteiger partial charge in [0.25, 0.3) is 0 Å². The minimum atomic E-state index is -0.477. The van der Waals surface area contributed by atoms with E-state index in [1.165, 1.54) is 22.3 Å². The van der Waals surface area contributed by atoms with Gasteiger partial charge in [-0.1, -0.05) is 70.5 Å². The second-order valence-corrected chi connectivity index (χ2v) is 12.3. The largest absolute Gasteiger partial charge is 0.494 e. The number of hydrogen-bond donors (Lipinski definition) is 0. The normalized spacial score (nSPS) is 17.5. The van der Waals surface area contributed by atoms with Crippen LogP contribution in [0.2, 0.25) is 0 Å². The first kappa shape index (κ1) is 29.1. The van der Waals surface area contributed by atoms with Gasteiger partial charge in [0.15, 0.2) is 0 Å². The Bertz CT molecular complexity index is 1030. The second-order valence-electron chi connectivity index (χ2n) is 12.3. The predicted octanol–water partition coefficient (Wildman–Crippen LogP) is 8.44. The first-order valence-electron chi connectivity index (χ1n) is 14.4. The average molecular weight is 505 g/mol. The number of carbonyl (C=O) groups excluding carboxylic acids is 2. The molecule has 3 nitrogen and oxygen atoms in total. The van der Waals surface area contributed by atoms with E-state index in [-0.39, 0.29) is 28.8 Å². The third-order valence-electron chi connectivity index (χ3n) is 8.57. The van der Waals surface area contributed by atoms with Crippen LogP contribution in [-0.4, -0.2) is 18.2 Å². The molecular weight excluding hydrogens is 456 g/mol. The zero-order valence-electron chi connectivity index (χ0n) is 24.3. The molecule has 2 aromatic rings. The second kappa shape index (κ2) is 12.4. The lowest BCUT2D eigenvalue weighted by molar-refractivity contribution is -0.147. The molecule has 1 fully saturated rings. The minimum Gasteiger partial charge on any atom is -0.494 e. The Labute approximate surface area is 225 Å². The summed E-state index contributed by atoms with van der Waals surface area (Å²) in [6, 6.07) is 15.0. The summed E-state index contributed by atoms with van der Waals surface area (Å²) in [5, 5.41) is 0. The maximum absolute atomic E-state index is 14.0. The SMILES string of the molecule is CCCc1cc([C@@H](C)C(CCCc2ccccc2)C(=O)CC2(C(C)=O)CC(C)(C)C2)cc(OCC)c1C. The molecule has 0 heterocycles. The van der Waals surface area contributed by atoms with Crippen molar-refractivity contribution in [3.05, 3.63) is 64.7 Å². The fourth-order valence-corrected chi connectivity index (χ4v) is 6.70. The van der Waals surface area contributed by atoms with Crippen LogP contribution >= 0.6 is 0 Å². The van der Waals surface area contributed by atoms with E-state index in [2.05, 4.69) is 71.0 Å². The first-order chi connectivity index (χ1) is 17.5. The highest BCUT2D eigenvalue weighted by atomic mass is 16.5. The summed E-state index contributed by atoms with van der Waals surface area (Å²) < 4.78 is 6.03. The molecule has 0 radical (unpaired) electrons. The first-order valence-corrected chi connectivity index (χ1v) is 14.4. The zero-order valence-corrected chi connectivity index (χ0v) is 24.3. The standard InChI is InChI=1S/C34H48O3/c1-8-14-28-19-29(20-32(25(28)4)37-9-2)24(3)30(18-13-17-27-15-11-10-12-16-27)31(36)21-34(26(5)35)22-33(6,7)23-34/h10-12,15-16,19-20,24,30H,8-9,13-14,17-18,21-23H2,1-7H3/t24-,30?/m1/s1. The topological polar surface area (TPSA) is 43.4 Å². The Morgan fingerprint density at radius 3 is 2.27 bits per heavy atom. The molecule has 2 aromatic carbocycles. The van der Waals surface area contributed by atoms with E-state index in [4.69, 9.17) is 4.74 Å². The third kappa shape index (κ3) is 7.12. The highest BCUT2D eigenvalue weighted by Gasteiger charge is 2.53. The Hall–Kier alpha value is -2.42. The summed E-state index contributed by atoms with van der Waals surface area (Å²) >= 11 is 0. The van der Waals surface area contributed by atoms with E-state index in [1.54, 1.807) is 6.92 Å². The van der Waals surface area contributed by atoms with E-state index >= 15 is 0 Å². The van der Waals surface area contributed by atoms with Crippen LogP contribution in [-0.2, 0) is 22.4 Å². The molecule has 0 amide bonds. The molecule has 1 aliphatic carbocycles. The van der Waals surface area contributed by atoms with Crippen LogP contribution in [0.4, 0.5) is 0 Å². The van der Waals surface area contributed by atoms with E-state index in [1.807, 2.05) is 13.0 Å². The van der Waals surface area contributed by atoms with E-state index in [0.717, 1.165) is 50.7 Å². The number of aryl methyl sites for hydroxylation is 2. The lowest BCUT2D eigenvalue weighted by atomic mass is 9.51. The zero-order chi connectivity index (χ0) is 27.2. The Morgan fingerprint density at radius 1 is 1.03 bits per heavy atom. The van der Waals surface area contributed by atoms with Crippen molar-refractivity contribution in [1.29, 1.82) is 0 Å². The Kier molecular flexibility index (Phi) is 9.78. The number of carbonyl (C=O) groups is 2. The van der Waals surface area contributed by atoms with E-state index in [9.17, 15) is 9.59 Å². The van der Waals surface area contributed by atoms with E-state index in [0.29, 0.717) is 13.0 Å². The van der Waals surface area contributed by atoms with Crippen LogP contribution in [0.25, 0.3) is 0 Å². The van der Waals surface area contributed by atoms with Gasteiger partial charge in [-0.15, -0.1) is 0 Å². The van der Waals surface area contributed by atoms with Gasteiger partial charge in [-0.25, -0.2) is 0 Å². The lowest BCUT2D eigenvalue weighted by Crippen LogP contribution is -2.49. The highest BCUT2D eigenvalue weighted by Crippen LogP contribution is 2.57. The van der Waals surface area contributed by atoms with Crippen LogP contribution in [0, 0.1) is 23.7 Å². The number of benzene rings is 2. The van der Waals surface area contributed by atoms with Crippen LogP contribution in [0.5, 0.6) is 5.75 Å². The van der Waals surface area contributed by atoms with Gasteiger partial charge in [-0.2, -0.15) is 0 Å². The van der Waals surface area contributed by atoms with Gasteiger partial charge in [-0.05, 0) is 98.9 Å². The fraction of sp³-hybridized carbons (Fsp3) is 0.588. The summed E-state index contributed by atoms with van der Waals surface area (Å²) in [6.45, 7) is 15.3. The summed E-state index contributed by atoms with van der Waals surface area (Å²) in [5.41, 5.74) is 4.67. The van der Waals surface area contributed by atoms with Crippen LogP contribution in [0.1, 0.15) is 108 Å². The molecule has 1 unspecified atom stereocenters. The lowest BCUT2D eigenvalue weighted by Gasteiger charge is -2.52. The van der Waals surface area contributed by atoms with Crippen LogP contribution in [0.3, 0.4) is 0 Å². The van der Waals surface area contributed by atoms with Gasteiger partial charge in [0.1, 0.15) is 17.3 Å². The van der Waals surface area contributed by atoms with Crippen molar-refractivity contribution in [2.45, 2.75) is 106 Å². The number of ketones is 2. The van der Waals surface area contributed by atoms with Gasteiger partial charge in [-0.3, -0.25) is 9.59 Å². The molecule has 0 bridgehead atoms. The monoisotopic (exact) mass is 504 g/mol. The number of rotatable bonds is 14. The molecule has 0 N–H and O–H groups in total. The Balaban J connectivity index is 1.89. The van der Waals surface area contributed by atoms with Crippen molar-refractivity contribution in [1.82, 2.24) is 0 Å². The third-order valence-corrected chi connectivity index (χ3v) is 8.57. The van der Waals surface area contributed by atoms with Gasteiger partial charge in [0.2, 0.25) is 0 Å². The van der Waals surface area contributed by atoms with E-state index < -0.39 is 5.41 Å². The van der Waals surface area contributed by atoms with Crippen LogP contribution < -0.4 is 4.74 Å². The molecule has 37 heavy (non-hydrogen) atoms. The van der Waals surface area contributed by atoms with Crippen molar-refractivity contribution in [3.63, 3.8) is 0 Å². The molecule has 3 rings (SSSR count). The average Bonchev–Trinajstić information content (AvgIpc) is 2.83. The van der Waals surface area contributed by atoms with Crippen LogP contribution in [0.15, 0.2) is 42.5 Å². The molecule has 2 atom stereocenters.